The largest absolute Gasteiger partial charge is 0.371 e. The summed E-state index contributed by atoms with van der Waals surface area (Å²) in [4.78, 5) is 2.55. The van der Waals surface area contributed by atoms with Crippen LogP contribution in [0.25, 0.3) is 0 Å². The molecule has 0 N–H and O–H groups in total. The Hall–Kier alpha value is -0.500. The van der Waals surface area contributed by atoms with Gasteiger partial charge >= 0.3 is 0 Å². The van der Waals surface area contributed by atoms with Crippen LogP contribution in [-0.4, -0.2) is 13.1 Å². The molecule has 1 fully saturated rings. The minimum absolute atomic E-state index is 0.986. The van der Waals surface area contributed by atoms with Crippen LogP contribution >= 0.6 is 15.9 Å². The van der Waals surface area contributed by atoms with E-state index in [1.165, 1.54) is 48.1 Å². The monoisotopic (exact) mass is 251 g/mol. The van der Waals surface area contributed by atoms with E-state index in [-0.39, 0.29) is 0 Å². The van der Waals surface area contributed by atoms with Crippen molar-refractivity contribution in [3.05, 3.63) is 28.2 Å². The summed E-state index contributed by atoms with van der Waals surface area (Å²) < 4.78 is 1.29. The van der Waals surface area contributed by atoms with Crippen LogP contribution in [0.15, 0.2) is 22.7 Å². The van der Waals surface area contributed by atoms with Gasteiger partial charge in [0.2, 0.25) is 0 Å². The Labute approximate surface area is 93.2 Å². The van der Waals surface area contributed by atoms with Gasteiger partial charge in [0.05, 0.1) is 0 Å². The molecule has 0 unspecified atom stereocenters. The maximum Gasteiger partial charge on any atom is 0.0410 e. The molecule has 1 saturated carbocycles. The van der Waals surface area contributed by atoms with Gasteiger partial charge in [-0.2, -0.15) is 0 Å². The standard InChI is InChI=1S/C12H14BrN/c13-11-2-1-3-12-10(11)6-7-14(12)8-9-4-5-9/h1-3,9H,4-8H2. The second kappa shape index (κ2) is 3.27. The predicted molar refractivity (Wildman–Crippen MR) is 62.8 cm³/mol. The Kier molecular flexibility index (Phi) is 2.05. The summed E-state index contributed by atoms with van der Waals surface area (Å²) in [5, 5.41) is 0. The van der Waals surface area contributed by atoms with Crippen molar-refractivity contribution in [3.63, 3.8) is 0 Å². The van der Waals surface area contributed by atoms with Crippen LogP contribution in [-0.2, 0) is 6.42 Å². The van der Waals surface area contributed by atoms with Gasteiger partial charge in [0.25, 0.3) is 0 Å². The van der Waals surface area contributed by atoms with E-state index in [2.05, 4.69) is 39.0 Å². The molecule has 14 heavy (non-hydrogen) atoms. The van der Waals surface area contributed by atoms with E-state index < -0.39 is 0 Å². The summed E-state index contributed by atoms with van der Waals surface area (Å²) in [6, 6.07) is 6.56. The zero-order valence-electron chi connectivity index (χ0n) is 8.17. The highest BCUT2D eigenvalue weighted by Gasteiger charge is 2.28. The van der Waals surface area contributed by atoms with Gasteiger partial charge in [-0.05, 0) is 42.9 Å². The Bertz CT molecular complexity index is 357. The molecule has 1 aromatic carbocycles. The Balaban J connectivity index is 1.89. The molecule has 0 atom stereocenters. The molecule has 1 heterocycles. The van der Waals surface area contributed by atoms with E-state index in [1.807, 2.05) is 0 Å². The van der Waals surface area contributed by atoms with E-state index in [0.29, 0.717) is 0 Å². The number of rotatable bonds is 2. The Morgan fingerprint density at radius 1 is 1.36 bits per heavy atom. The van der Waals surface area contributed by atoms with E-state index in [1.54, 1.807) is 0 Å². The smallest absolute Gasteiger partial charge is 0.0410 e. The first kappa shape index (κ1) is 8.78. The fourth-order valence-electron chi connectivity index (χ4n) is 2.26. The summed E-state index contributed by atoms with van der Waals surface area (Å²) in [5.41, 5.74) is 2.97. The van der Waals surface area contributed by atoms with E-state index >= 15 is 0 Å². The summed E-state index contributed by atoms with van der Waals surface area (Å²) in [6.07, 6.45) is 4.10. The fraction of sp³-hybridized carbons (Fsp3) is 0.500. The molecule has 2 heteroatoms. The summed E-state index contributed by atoms with van der Waals surface area (Å²) in [7, 11) is 0. The number of benzene rings is 1. The zero-order chi connectivity index (χ0) is 9.54. The number of anilines is 1. The van der Waals surface area contributed by atoms with Gasteiger partial charge in [-0.3, -0.25) is 0 Å². The molecule has 0 radical (unpaired) electrons. The van der Waals surface area contributed by atoms with E-state index in [9.17, 15) is 0 Å². The second-order valence-corrected chi connectivity index (χ2v) is 5.23. The van der Waals surface area contributed by atoms with Gasteiger partial charge in [0, 0.05) is 23.2 Å². The van der Waals surface area contributed by atoms with Gasteiger partial charge in [-0.1, -0.05) is 22.0 Å². The van der Waals surface area contributed by atoms with Gasteiger partial charge < -0.3 is 4.90 Å². The lowest BCUT2D eigenvalue weighted by Crippen LogP contribution is -2.22. The van der Waals surface area contributed by atoms with Crippen LogP contribution in [0.5, 0.6) is 0 Å². The summed E-state index contributed by atoms with van der Waals surface area (Å²) >= 11 is 3.63. The topological polar surface area (TPSA) is 3.24 Å². The van der Waals surface area contributed by atoms with Crippen molar-refractivity contribution in [1.29, 1.82) is 0 Å². The average molecular weight is 252 g/mol. The van der Waals surface area contributed by atoms with Gasteiger partial charge in [-0.25, -0.2) is 0 Å². The first-order chi connectivity index (χ1) is 6.84. The average Bonchev–Trinajstić information content (AvgIpc) is 2.88. The molecule has 0 saturated heterocycles. The van der Waals surface area contributed by atoms with Crippen LogP contribution in [0.2, 0.25) is 0 Å². The summed E-state index contributed by atoms with van der Waals surface area (Å²) in [6.45, 7) is 2.50. The number of halogens is 1. The van der Waals surface area contributed by atoms with Crippen molar-refractivity contribution in [2.24, 2.45) is 5.92 Å². The molecule has 1 nitrogen and oxygen atoms in total. The highest BCUT2D eigenvalue weighted by atomic mass is 79.9. The van der Waals surface area contributed by atoms with Gasteiger partial charge in [0.1, 0.15) is 0 Å². The van der Waals surface area contributed by atoms with Crippen molar-refractivity contribution >= 4 is 21.6 Å². The third kappa shape index (κ3) is 1.46. The van der Waals surface area contributed by atoms with Crippen LogP contribution in [0.3, 0.4) is 0 Å². The zero-order valence-corrected chi connectivity index (χ0v) is 9.76. The molecule has 2 aliphatic rings. The molecule has 3 rings (SSSR count). The lowest BCUT2D eigenvalue weighted by Gasteiger charge is -2.18. The molecule has 0 spiro atoms. The highest BCUT2D eigenvalue weighted by Crippen LogP contribution is 2.37. The quantitative estimate of drug-likeness (QED) is 0.781. The van der Waals surface area contributed by atoms with Crippen LogP contribution < -0.4 is 4.90 Å². The fourth-order valence-corrected chi connectivity index (χ4v) is 2.81. The first-order valence-electron chi connectivity index (χ1n) is 5.37. The number of hydrogen-bond acceptors (Lipinski definition) is 1. The van der Waals surface area contributed by atoms with Gasteiger partial charge in [0.15, 0.2) is 0 Å². The van der Waals surface area contributed by atoms with E-state index in [0.717, 1.165) is 5.92 Å². The molecular weight excluding hydrogens is 238 g/mol. The number of fused-ring (bicyclic) bond motifs is 1. The normalized spacial score (nSPS) is 19.9. The Morgan fingerprint density at radius 2 is 2.21 bits per heavy atom. The molecule has 1 aliphatic carbocycles. The molecule has 0 amide bonds. The highest BCUT2D eigenvalue weighted by molar-refractivity contribution is 9.10. The lowest BCUT2D eigenvalue weighted by atomic mass is 10.2. The minimum atomic E-state index is 0.986. The van der Waals surface area contributed by atoms with Crippen LogP contribution in [0.4, 0.5) is 5.69 Å². The number of nitrogens with zero attached hydrogens (tertiary/aromatic N) is 1. The molecule has 1 aliphatic heterocycles. The minimum Gasteiger partial charge on any atom is -0.371 e. The van der Waals surface area contributed by atoms with Crippen LogP contribution in [0, 0.1) is 5.92 Å². The van der Waals surface area contributed by atoms with Crippen molar-refractivity contribution in [3.8, 4) is 0 Å². The van der Waals surface area contributed by atoms with E-state index in [4.69, 9.17) is 0 Å². The predicted octanol–water partition coefficient (Wildman–Crippen LogP) is 3.22. The first-order valence-corrected chi connectivity index (χ1v) is 6.16. The van der Waals surface area contributed by atoms with Crippen molar-refractivity contribution < 1.29 is 0 Å². The lowest BCUT2D eigenvalue weighted by molar-refractivity contribution is 0.747. The Morgan fingerprint density at radius 3 is 3.00 bits per heavy atom. The SMILES string of the molecule is Brc1cccc2c1CCN2CC1CC1. The maximum absolute atomic E-state index is 3.63. The van der Waals surface area contributed by atoms with Crippen molar-refractivity contribution in [2.75, 3.05) is 18.0 Å². The molecule has 74 valence electrons. The van der Waals surface area contributed by atoms with Crippen molar-refractivity contribution in [2.45, 2.75) is 19.3 Å². The van der Waals surface area contributed by atoms with Gasteiger partial charge in [-0.15, -0.1) is 0 Å². The molecular formula is C12H14BrN. The third-order valence-electron chi connectivity index (χ3n) is 3.24. The molecule has 1 aromatic rings. The maximum atomic E-state index is 3.63. The second-order valence-electron chi connectivity index (χ2n) is 4.38. The third-order valence-corrected chi connectivity index (χ3v) is 3.98. The van der Waals surface area contributed by atoms with Crippen LogP contribution in [0.1, 0.15) is 18.4 Å². The summed E-state index contributed by atoms with van der Waals surface area (Å²) in [5.74, 6) is 0.986. The number of hydrogen-bond donors (Lipinski definition) is 0. The van der Waals surface area contributed by atoms with Crippen molar-refractivity contribution in [1.82, 2.24) is 0 Å². The molecule has 0 bridgehead atoms. The molecule has 0 aromatic heterocycles.